The van der Waals surface area contributed by atoms with Gasteiger partial charge in [0, 0.05) is 11.4 Å². The highest BCUT2D eigenvalue weighted by molar-refractivity contribution is 7.99. The van der Waals surface area contributed by atoms with Crippen LogP contribution in [0, 0.1) is 0 Å². The van der Waals surface area contributed by atoms with E-state index in [1.54, 1.807) is 16.7 Å². The van der Waals surface area contributed by atoms with Gasteiger partial charge >= 0.3 is 0 Å². The minimum Gasteiger partial charge on any atom is -0.454 e. The number of aryl methyl sites for hydroxylation is 1. The van der Waals surface area contributed by atoms with Crippen LogP contribution in [0.15, 0.2) is 45.4 Å². The summed E-state index contributed by atoms with van der Waals surface area (Å²) in [6.45, 7) is 0.139. The third-order valence-electron chi connectivity index (χ3n) is 4.46. The summed E-state index contributed by atoms with van der Waals surface area (Å²) in [4.78, 5) is 17.6. The van der Waals surface area contributed by atoms with Crippen molar-refractivity contribution in [2.45, 2.75) is 16.6 Å². The number of hydrogen-bond donors (Lipinski definition) is 2. The van der Waals surface area contributed by atoms with Gasteiger partial charge in [-0.05, 0) is 12.1 Å². The van der Waals surface area contributed by atoms with Crippen molar-refractivity contribution >= 4 is 38.8 Å². The molecule has 31 heavy (non-hydrogen) atoms. The van der Waals surface area contributed by atoms with Gasteiger partial charge in [-0.15, -0.1) is 0 Å². The predicted molar refractivity (Wildman–Crippen MR) is 110 cm³/mol. The molecule has 1 aliphatic heterocycles. The van der Waals surface area contributed by atoms with E-state index in [1.165, 1.54) is 30.5 Å². The molecule has 0 saturated carbocycles. The van der Waals surface area contributed by atoms with Crippen LogP contribution in [0.2, 0.25) is 0 Å². The van der Waals surface area contributed by atoms with Gasteiger partial charge in [0.2, 0.25) is 22.7 Å². The SMILES string of the molecule is Nc1ncnc2c1nc(Sc1cc3c(cc1-c1ncco1)OCO3)n2CCS(N)(=O)=O. The van der Waals surface area contributed by atoms with Crippen molar-refractivity contribution in [3.05, 3.63) is 30.9 Å². The van der Waals surface area contributed by atoms with Gasteiger partial charge in [0.05, 0.1) is 17.5 Å². The third kappa shape index (κ3) is 3.75. The molecule has 0 aliphatic carbocycles. The highest BCUT2D eigenvalue weighted by Crippen LogP contribution is 2.44. The van der Waals surface area contributed by atoms with Gasteiger partial charge in [0.15, 0.2) is 33.6 Å². The van der Waals surface area contributed by atoms with E-state index < -0.39 is 10.0 Å². The Labute approximate surface area is 179 Å². The Hall–Kier alpha value is -3.36. The maximum absolute atomic E-state index is 11.6. The molecule has 0 fully saturated rings. The molecule has 160 valence electrons. The van der Waals surface area contributed by atoms with E-state index in [2.05, 4.69) is 19.9 Å². The van der Waals surface area contributed by atoms with E-state index in [9.17, 15) is 8.42 Å². The number of nitrogens with zero attached hydrogens (tertiary/aromatic N) is 5. The molecule has 4 aromatic rings. The second-order valence-corrected chi connectivity index (χ2v) is 9.23. The Bertz CT molecular complexity index is 1390. The largest absolute Gasteiger partial charge is 0.454 e. The van der Waals surface area contributed by atoms with Gasteiger partial charge < -0.3 is 24.2 Å². The second-order valence-electron chi connectivity index (χ2n) is 6.49. The van der Waals surface area contributed by atoms with Gasteiger partial charge in [0.25, 0.3) is 0 Å². The lowest BCUT2D eigenvalue weighted by Crippen LogP contribution is -2.20. The number of rotatable bonds is 6. The van der Waals surface area contributed by atoms with Crippen LogP contribution in [0.3, 0.4) is 0 Å². The molecule has 4 N–H and O–H groups in total. The molecule has 5 rings (SSSR count). The van der Waals surface area contributed by atoms with Crippen molar-refractivity contribution in [2.75, 3.05) is 18.3 Å². The van der Waals surface area contributed by atoms with Gasteiger partial charge in [-0.3, -0.25) is 0 Å². The Kier molecular flexibility index (Phi) is 4.68. The fourth-order valence-corrected chi connectivity index (χ4v) is 4.54. The zero-order chi connectivity index (χ0) is 21.6. The molecule has 14 heteroatoms. The van der Waals surface area contributed by atoms with E-state index in [0.717, 1.165) is 0 Å². The van der Waals surface area contributed by atoms with Crippen molar-refractivity contribution in [3.8, 4) is 23.0 Å². The van der Waals surface area contributed by atoms with Crippen LogP contribution in [0.1, 0.15) is 0 Å². The van der Waals surface area contributed by atoms with Gasteiger partial charge in [0.1, 0.15) is 12.6 Å². The van der Waals surface area contributed by atoms with Crippen molar-refractivity contribution in [1.29, 1.82) is 0 Å². The van der Waals surface area contributed by atoms with Crippen LogP contribution in [0.4, 0.5) is 5.82 Å². The molecular formula is C17H15N7O5S2. The fraction of sp³-hybridized carbons (Fsp3) is 0.176. The number of anilines is 1. The van der Waals surface area contributed by atoms with Gasteiger partial charge in [-0.2, -0.15) is 0 Å². The molecule has 0 amide bonds. The van der Waals surface area contributed by atoms with Crippen molar-refractivity contribution in [2.24, 2.45) is 5.14 Å². The third-order valence-corrected chi connectivity index (χ3v) is 6.27. The Morgan fingerprint density at radius 3 is 2.71 bits per heavy atom. The average molecular weight is 461 g/mol. The van der Waals surface area contributed by atoms with Crippen LogP contribution in [-0.2, 0) is 16.6 Å². The highest BCUT2D eigenvalue weighted by atomic mass is 32.2. The molecule has 3 aromatic heterocycles. The number of oxazole rings is 1. The highest BCUT2D eigenvalue weighted by Gasteiger charge is 2.24. The average Bonchev–Trinajstić information content (AvgIpc) is 3.45. The standard InChI is InChI=1S/C17H15N7O5S2/c18-14-13-15(22-7-21-14)24(2-4-31(19,25)26)17(23-13)30-12-6-11-10(28-8-29-11)5-9(12)16-20-1-3-27-16/h1,3,5-7H,2,4,8H2,(H2,18,21,22)(H2,19,25,26). The Morgan fingerprint density at radius 2 is 1.97 bits per heavy atom. The fourth-order valence-electron chi connectivity index (χ4n) is 3.06. The second kappa shape index (κ2) is 7.40. The number of nitrogens with two attached hydrogens (primary N) is 2. The predicted octanol–water partition coefficient (Wildman–Crippen LogP) is 1.23. The molecule has 1 aliphatic rings. The zero-order valence-corrected chi connectivity index (χ0v) is 17.4. The molecule has 0 unspecified atom stereocenters. The summed E-state index contributed by atoms with van der Waals surface area (Å²) in [5, 5.41) is 5.64. The number of aromatic nitrogens is 5. The summed E-state index contributed by atoms with van der Waals surface area (Å²) < 4.78 is 41.2. The van der Waals surface area contributed by atoms with E-state index in [0.29, 0.717) is 44.2 Å². The van der Waals surface area contributed by atoms with Crippen LogP contribution in [0.5, 0.6) is 11.5 Å². The topological polar surface area (TPSA) is 174 Å². The molecule has 4 heterocycles. The number of ether oxygens (including phenoxy) is 2. The zero-order valence-electron chi connectivity index (χ0n) is 15.8. The van der Waals surface area contributed by atoms with Crippen molar-refractivity contribution in [1.82, 2.24) is 24.5 Å². The number of benzene rings is 1. The van der Waals surface area contributed by atoms with Gasteiger partial charge in [-0.1, -0.05) is 11.8 Å². The smallest absolute Gasteiger partial charge is 0.231 e. The summed E-state index contributed by atoms with van der Waals surface area (Å²) in [6.07, 6.45) is 4.29. The summed E-state index contributed by atoms with van der Waals surface area (Å²) in [6, 6.07) is 3.55. The lowest BCUT2D eigenvalue weighted by Gasteiger charge is -2.10. The van der Waals surface area contributed by atoms with E-state index in [4.69, 9.17) is 24.8 Å². The van der Waals surface area contributed by atoms with Crippen molar-refractivity contribution in [3.63, 3.8) is 0 Å². The normalized spacial score (nSPS) is 13.2. The van der Waals surface area contributed by atoms with Crippen LogP contribution in [0.25, 0.3) is 22.6 Å². The first kappa shape index (κ1) is 19.6. The van der Waals surface area contributed by atoms with E-state index >= 15 is 0 Å². The summed E-state index contributed by atoms with van der Waals surface area (Å²) in [7, 11) is -3.71. The minimum absolute atomic E-state index is 0.0347. The lowest BCUT2D eigenvalue weighted by molar-refractivity contribution is 0.174. The van der Waals surface area contributed by atoms with Crippen LogP contribution >= 0.6 is 11.8 Å². The summed E-state index contributed by atoms with van der Waals surface area (Å²) >= 11 is 1.25. The molecule has 0 atom stereocenters. The molecular weight excluding hydrogens is 446 g/mol. The first-order chi connectivity index (χ1) is 14.9. The van der Waals surface area contributed by atoms with Crippen LogP contribution < -0.4 is 20.3 Å². The molecule has 0 bridgehead atoms. The van der Waals surface area contributed by atoms with Crippen molar-refractivity contribution < 1.29 is 22.3 Å². The Balaban J connectivity index is 1.63. The first-order valence-electron chi connectivity index (χ1n) is 8.87. The maximum atomic E-state index is 11.6. The van der Waals surface area contributed by atoms with E-state index in [1.807, 2.05) is 0 Å². The quantitative estimate of drug-likeness (QED) is 0.422. The molecule has 1 aromatic carbocycles. The molecule has 0 radical (unpaired) electrons. The first-order valence-corrected chi connectivity index (χ1v) is 11.4. The monoisotopic (exact) mass is 461 g/mol. The minimum atomic E-state index is -3.71. The number of nitrogen functional groups attached to an aromatic ring is 1. The van der Waals surface area contributed by atoms with Crippen LogP contribution in [-0.4, -0.2) is 45.5 Å². The molecule has 0 spiro atoms. The number of sulfonamides is 1. The molecule has 12 nitrogen and oxygen atoms in total. The number of fused-ring (bicyclic) bond motifs is 2. The summed E-state index contributed by atoms with van der Waals surface area (Å²) in [5.74, 6) is 1.38. The lowest BCUT2D eigenvalue weighted by atomic mass is 10.2. The number of primary sulfonamides is 1. The maximum Gasteiger partial charge on any atom is 0.231 e. The number of imidazole rings is 1. The number of hydrogen-bond acceptors (Lipinski definition) is 11. The Morgan fingerprint density at radius 1 is 1.16 bits per heavy atom. The summed E-state index contributed by atoms with van der Waals surface area (Å²) in [5.41, 5.74) is 7.37. The van der Waals surface area contributed by atoms with E-state index in [-0.39, 0.29) is 24.9 Å². The molecule has 0 saturated heterocycles. The van der Waals surface area contributed by atoms with Gasteiger partial charge in [-0.25, -0.2) is 33.5 Å².